The number of amides is 1. The Balaban J connectivity index is 1.41. The highest BCUT2D eigenvalue weighted by Gasteiger charge is 2.37. The maximum atomic E-state index is 12.9. The number of carbonyl (C=O) groups excluding carboxylic acids is 1. The molecule has 3 N–H and O–H groups in total. The van der Waals surface area contributed by atoms with Crippen molar-refractivity contribution in [3.8, 4) is 11.1 Å². The zero-order valence-electron chi connectivity index (χ0n) is 19.2. The van der Waals surface area contributed by atoms with Crippen LogP contribution in [0.15, 0.2) is 36.9 Å². The fraction of sp³-hybridized carbons (Fsp3) is 0.391. The number of rotatable bonds is 5. The summed E-state index contributed by atoms with van der Waals surface area (Å²) in [5.74, 6) is -0.279. The molecule has 12 heteroatoms. The average Bonchev–Trinajstić information content (AvgIpc) is 3.43. The zero-order valence-corrected chi connectivity index (χ0v) is 19.2. The van der Waals surface area contributed by atoms with E-state index < -0.39 is 18.1 Å². The third-order valence-corrected chi connectivity index (χ3v) is 6.40. The number of aromatic nitrogens is 5. The lowest BCUT2D eigenvalue weighted by Crippen LogP contribution is -2.43. The van der Waals surface area contributed by atoms with Crippen LogP contribution < -0.4 is 10.6 Å². The number of hydrogen-bond acceptors (Lipinski definition) is 6. The van der Waals surface area contributed by atoms with E-state index in [1.807, 2.05) is 11.4 Å². The molecule has 184 valence electrons. The molecule has 1 aliphatic rings. The van der Waals surface area contributed by atoms with Gasteiger partial charge in [-0.3, -0.25) is 4.79 Å². The molecule has 35 heavy (non-hydrogen) atoms. The van der Waals surface area contributed by atoms with Crippen molar-refractivity contribution < 1.29 is 18.0 Å². The lowest BCUT2D eigenvalue weighted by Gasteiger charge is -2.29. The molecule has 4 aromatic rings. The van der Waals surface area contributed by atoms with Crippen molar-refractivity contribution in [1.82, 2.24) is 34.8 Å². The lowest BCUT2D eigenvalue weighted by atomic mass is 10.1. The number of aromatic amines is 1. The summed E-state index contributed by atoms with van der Waals surface area (Å²) >= 11 is 0. The quantitative estimate of drug-likeness (QED) is 0.399. The Kier molecular flexibility index (Phi) is 5.83. The van der Waals surface area contributed by atoms with E-state index in [2.05, 4.69) is 37.3 Å². The van der Waals surface area contributed by atoms with Gasteiger partial charge in [-0.2, -0.15) is 23.3 Å². The van der Waals surface area contributed by atoms with Crippen LogP contribution in [0.2, 0.25) is 0 Å². The molecule has 1 atom stereocenters. The number of likely N-dealkylation sites (tertiary alicyclic amines) is 1. The van der Waals surface area contributed by atoms with Crippen molar-refractivity contribution in [3.63, 3.8) is 0 Å². The minimum absolute atomic E-state index is 0.0589. The molecular weight excluding hydrogens is 461 g/mol. The number of carbonyl (C=O) groups is 1. The van der Waals surface area contributed by atoms with Crippen LogP contribution in [0.5, 0.6) is 0 Å². The second-order valence-electron chi connectivity index (χ2n) is 8.92. The number of alkyl halides is 3. The first kappa shape index (κ1) is 23.1. The van der Waals surface area contributed by atoms with E-state index in [1.54, 1.807) is 24.7 Å². The number of piperidine rings is 1. The van der Waals surface area contributed by atoms with Crippen molar-refractivity contribution >= 4 is 28.4 Å². The molecule has 1 aliphatic heterocycles. The van der Waals surface area contributed by atoms with Gasteiger partial charge in [0, 0.05) is 35.6 Å². The van der Waals surface area contributed by atoms with Gasteiger partial charge >= 0.3 is 6.18 Å². The van der Waals surface area contributed by atoms with E-state index in [-0.39, 0.29) is 5.56 Å². The molecule has 1 saturated heterocycles. The van der Waals surface area contributed by atoms with Crippen LogP contribution >= 0.6 is 0 Å². The fourth-order valence-corrected chi connectivity index (χ4v) is 4.23. The van der Waals surface area contributed by atoms with Crippen LogP contribution in [-0.4, -0.2) is 73.8 Å². The number of halogens is 3. The smallest absolute Gasteiger partial charge is 0.351 e. The van der Waals surface area contributed by atoms with Crippen molar-refractivity contribution in [2.75, 3.05) is 25.5 Å². The summed E-state index contributed by atoms with van der Waals surface area (Å²) < 4.78 is 40.1. The van der Waals surface area contributed by atoms with E-state index in [4.69, 9.17) is 0 Å². The average molecular weight is 487 g/mol. The Hall–Kier alpha value is -3.67. The normalized spacial score (nSPS) is 16.6. The molecule has 0 aromatic carbocycles. The Bertz CT molecular complexity index is 1370. The fourth-order valence-electron chi connectivity index (χ4n) is 4.23. The molecule has 0 spiro atoms. The Labute approximate surface area is 198 Å². The molecule has 1 fully saturated rings. The summed E-state index contributed by atoms with van der Waals surface area (Å²) in [5.41, 5.74) is 2.68. The van der Waals surface area contributed by atoms with E-state index >= 15 is 0 Å². The Morgan fingerprint density at radius 3 is 2.77 bits per heavy atom. The topological polar surface area (TPSA) is 103 Å². The SMILES string of the molecule is CC(NC(=O)c1cnn2ccc(-c3c[nH]c4nc(NC5CCN(C)CC5)ncc34)cc12)C(F)(F)F. The van der Waals surface area contributed by atoms with Gasteiger partial charge in [0.2, 0.25) is 5.95 Å². The molecule has 0 saturated carbocycles. The number of fused-ring (bicyclic) bond motifs is 2. The summed E-state index contributed by atoms with van der Waals surface area (Å²) in [7, 11) is 2.11. The zero-order chi connectivity index (χ0) is 24.7. The van der Waals surface area contributed by atoms with Gasteiger partial charge in [-0.25, -0.2) is 9.50 Å². The van der Waals surface area contributed by atoms with Crippen molar-refractivity contribution in [1.29, 1.82) is 0 Å². The first-order valence-electron chi connectivity index (χ1n) is 11.3. The van der Waals surface area contributed by atoms with Gasteiger partial charge in [-0.05, 0) is 57.6 Å². The molecule has 0 bridgehead atoms. The van der Waals surface area contributed by atoms with Gasteiger partial charge in [-0.15, -0.1) is 0 Å². The maximum absolute atomic E-state index is 12.9. The molecule has 1 amide bonds. The standard InChI is InChI=1S/C23H25F3N8O/c1-13(23(24,25)26)30-21(35)18-12-29-34-8-3-14(9-19(18)34)16-10-27-20-17(16)11-28-22(32-20)31-15-4-6-33(2)7-5-15/h3,8-13,15H,4-7H2,1-2H3,(H,30,35)(H2,27,28,31,32). The number of nitrogens with zero attached hydrogens (tertiary/aromatic N) is 5. The number of anilines is 1. The third-order valence-electron chi connectivity index (χ3n) is 6.40. The molecule has 0 radical (unpaired) electrons. The van der Waals surface area contributed by atoms with Crippen LogP contribution in [0.25, 0.3) is 27.7 Å². The first-order chi connectivity index (χ1) is 16.7. The van der Waals surface area contributed by atoms with Crippen LogP contribution in [0.4, 0.5) is 19.1 Å². The van der Waals surface area contributed by atoms with E-state index in [1.165, 1.54) is 10.7 Å². The number of hydrogen-bond donors (Lipinski definition) is 3. The summed E-state index contributed by atoms with van der Waals surface area (Å²) in [6.07, 6.45) is 3.97. The highest BCUT2D eigenvalue weighted by atomic mass is 19.4. The second kappa shape index (κ2) is 8.84. The minimum Gasteiger partial charge on any atom is -0.351 e. The van der Waals surface area contributed by atoms with Crippen molar-refractivity contribution in [2.45, 2.75) is 38.0 Å². The molecule has 5 rings (SSSR count). The van der Waals surface area contributed by atoms with E-state index in [0.29, 0.717) is 23.2 Å². The van der Waals surface area contributed by atoms with Gasteiger partial charge in [0.1, 0.15) is 11.7 Å². The molecule has 1 unspecified atom stereocenters. The third kappa shape index (κ3) is 4.65. The summed E-state index contributed by atoms with van der Waals surface area (Å²) in [6.45, 7) is 2.95. The molecule has 4 aromatic heterocycles. The second-order valence-corrected chi connectivity index (χ2v) is 8.92. The highest BCUT2D eigenvalue weighted by molar-refractivity contribution is 6.02. The highest BCUT2D eigenvalue weighted by Crippen LogP contribution is 2.30. The first-order valence-corrected chi connectivity index (χ1v) is 11.3. The Morgan fingerprint density at radius 1 is 1.26 bits per heavy atom. The summed E-state index contributed by atoms with van der Waals surface area (Å²) in [6, 6.07) is 1.88. The molecule has 9 nitrogen and oxygen atoms in total. The van der Waals surface area contributed by atoms with Crippen LogP contribution in [0.3, 0.4) is 0 Å². The van der Waals surface area contributed by atoms with Gasteiger partial charge in [-0.1, -0.05) is 0 Å². The summed E-state index contributed by atoms with van der Waals surface area (Å²) in [5, 5.41) is 10.3. The Morgan fingerprint density at radius 2 is 2.03 bits per heavy atom. The van der Waals surface area contributed by atoms with E-state index in [9.17, 15) is 18.0 Å². The number of pyridine rings is 1. The van der Waals surface area contributed by atoms with Gasteiger partial charge < -0.3 is 20.5 Å². The summed E-state index contributed by atoms with van der Waals surface area (Å²) in [4.78, 5) is 27.1. The van der Waals surface area contributed by atoms with E-state index in [0.717, 1.165) is 49.4 Å². The minimum atomic E-state index is -4.53. The molecule has 0 aliphatic carbocycles. The predicted molar refractivity (Wildman–Crippen MR) is 125 cm³/mol. The monoisotopic (exact) mass is 486 g/mol. The van der Waals surface area contributed by atoms with Gasteiger partial charge in [0.05, 0.1) is 17.3 Å². The lowest BCUT2D eigenvalue weighted by molar-refractivity contribution is -0.149. The van der Waals surface area contributed by atoms with Crippen molar-refractivity contribution in [3.05, 3.63) is 42.5 Å². The van der Waals surface area contributed by atoms with Crippen LogP contribution in [0, 0.1) is 0 Å². The number of H-pyrrole nitrogens is 1. The molecule has 5 heterocycles. The van der Waals surface area contributed by atoms with Gasteiger partial charge in [0.15, 0.2) is 0 Å². The number of nitrogens with one attached hydrogen (secondary N) is 3. The maximum Gasteiger partial charge on any atom is 0.408 e. The van der Waals surface area contributed by atoms with Crippen LogP contribution in [0.1, 0.15) is 30.1 Å². The van der Waals surface area contributed by atoms with Gasteiger partial charge in [0.25, 0.3) is 5.91 Å². The molecular formula is C23H25F3N8O. The van der Waals surface area contributed by atoms with Crippen LogP contribution in [-0.2, 0) is 0 Å². The largest absolute Gasteiger partial charge is 0.408 e. The predicted octanol–water partition coefficient (Wildman–Crippen LogP) is 3.46. The van der Waals surface area contributed by atoms with Crippen molar-refractivity contribution in [2.24, 2.45) is 0 Å².